The van der Waals surface area contributed by atoms with E-state index in [2.05, 4.69) is 22.1 Å². The van der Waals surface area contributed by atoms with E-state index in [0.29, 0.717) is 6.54 Å². The van der Waals surface area contributed by atoms with Gasteiger partial charge in [0.2, 0.25) is 0 Å². The Bertz CT molecular complexity index is 492. The number of rotatable bonds is 4. The third kappa shape index (κ3) is 3.50. The van der Waals surface area contributed by atoms with Crippen molar-refractivity contribution in [3.63, 3.8) is 0 Å². The van der Waals surface area contributed by atoms with E-state index in [-0.39, 0.29) is 0 Å². The van der Waals surface area contributed by atoms with E-state index >= 15 is 0 Å². The molecule has 17 heavy (non-hydrogen) atoms. The number of hydrogen-bond acceptors (Lipinski definition) is 3. The highest BCUT2D eigenvalue weighted by atomic mass is 14.8. The van der Waals surface area contributed by atoms with E-state index in [1.54, 1.807) is 6.33 Å². The largest absolute Gasteiger partial charge is 0.330 e. The maximum atomic E-state index is 5.50. The summed E-state index contributed by atoms with van der Waals surface area (Å²) in [4.78, 5) is 8.36. The summed E-state index contributed by atoms with van der Waals surface area (Å²) in [5, 5.41) is 0. The predicted molar refractivity (Wildman–Crippen MR) is 70.2 cm³/mol. The Kier molecular flexibility index (Phi) is 4.00. The Morgan fingerprint density at radius 1 is 1.06 bits per heavy atom. The van der Waals surface area contributed by atoms with Gasteiger partial charge in [-0.25, -0.2) is 9.97 Å². The second-order valence-corrected chi connectivity index (χ2v) is 3.72. The van der Waals surface area contributed by atoms with Gasteiger partial charge in [-0.05, 0) is 24.3 Å². The molecule has 1 heterocycles. The summed E-state index contributed by atoms with van der Waals surface area (Å²) in [5.74, 6) is 0. The van der Waals surface area contributed by atoms with Crippen LogP contribution in [0.1, 0.15) is 17.0 Å². The molecule has 0 aliphatic carbocycles. The van der Waals surface area contributed by atoms with Crippen LogP contribution in [-0.2, 0) is 6.42 Å². The van der Waals surface area contributed by atoms with Gasteiger partial charge in [0, 0.05) is 12.1 Å². The Morgan fingerprint density at radius 2 is 1.88 bits per heavy atom. The van der Waals surface area contributed by atoms with E-state index in [1.807, 2.05) is 36.4 Å². The van der Waals surface area contributed by atoms with Crippen LogP contribution in [0.5, 0.6) is 0 Å². The summed E-state index contributed by atoms with van der Waals surface area (Å²) in [6.07, 6.45) is 6.38. The molecule has 0 aliphatic heterocycles. The van der Waals surface area contributed by atoms with E-state index in [1.165, 1.54) is 0 Å². The van der Waals surface area contributed by atoms with Crippen molar-refractivity contribution in [2.75, 3.05) is 6.54 Å². The number of nitrogens with zero attached hydrogens (tertiary/aromatic N) is 2. The van der Waals surface area contributed by atoms with E-state index < -0.39 is 0 Å². The molecule has 0 spiro atoms. The fourth-order valence-electron chi connectivity index (χ4n) is 1.54. The van der Waals surface area contributed by atoms with Crippen LogP contribution in [0, 0.1) is 0 Å². The van der Waals surface area contributed by atoms with Crippen LogP contribution in [0.2, 0.25) is 0 Å². The zero-order chi connectivity index (χ0) is 11.9. The van der Waals surface area contributed by atoms with Gasteiger partial charge in [0.05, 0.1) is 5.69 Å². The molecule has 2 N–H and O–H groups in total. The van der Waals surface area contributed by atoms with Crippen molar-refractivity contribution < 1.29 is 0 Å². The molecule has 0 unspecified atom stereocenters. The maximum Gasteiger partial charge on any atom is 0.116 e. The SMILES string of the molecule is NCCc1cc(C=Cc2ccccc2)ncn1. The van der Waals surface area contributed by atoms with Crippen LogP contribution >= 0.6 is 0 Å². The Hall–Kier alpha value is -2.00. The molecule has 0 aliphatic rings. The number of aromatic nitrogens is 2. The first-order chi connectivity index (χ1) is 8.38. The van der Waals surface area contributed by atoms with Crippen molar-refractivity contribution in [3.05, 3.63) is 59.7 Å². The van der Waals surface area contributed by atoms with Gasteiger partial charge in [-0.15, -0.1) is 0 Å². The third-order valence-corrected chi connectivity index (χ3v) is 2.39. The van der Waals surface area contributed by atoms with Gasteiger partial charge in [0.1, 0.15) is 6.33 Å². The second-order valence-electron chi connectivity index (χ2n) is 3.72. The van der Waals surface area contributed by atoms with Crippen LogP contribution < -0.4 is 5.73 Å². The third-order valence-electron chi connectivity index (χ3n) is 2.39. The van der Waals surface area contributed by atoms with Crippen LogP contribution in [0.25, 0.3) is 12.2 Å². The lowest BCUT2D eigenvalue weighted by molar-refractivity contribution is 0.907. The molecule has 0 atom stereocenters. The topological polar surface area (TPSA) is 51.8 Å². The van der Waals surface area contributed by atoms with Crippen molar-refractivity contribution in [1.29, 1.82) is 0 Å². The molecule has 0 saturated heterocycles. The molecule has 3 heteroatoms. The molecule has 86 valence electrons. The molecule has 2 aromatic rings. The van der Waals surface area contributed by atoms with E-state index in [4.69, 9.17) is 5.73 Å². The maximum absolute atomic E-state index is 5.50. The van der Waals surface area contributed by atoms with Crippen molar-refractivity contribution in [1.82, 2.24) is 9.97 Å². The van der Waals surface area contributed by atoms with Crippen LogP contribution in [0.15, 0.2) is 42.7 Å². The van der Waals surface area contributed by atoms with Gasteiger partial charge in [-0.2, -0.15) is 0 Å². The van der Waals surface area contributed by atoms with Gasteiger partial charge >= 0.3 is 0 Å². The lowest BCUT2D eigenvalue weighted by Crippen LogP contribution is -2.04. The molecule has 0 saturated carbocycles. The number of hydrogen-bond donors (Lipinski definition) is 1. The van der Waals surface area contributed by atoms with Gasteiger partial charge in [0.15, 0.2) is 0 Å². The highest BCUT2D eigenvalue weighted by Crippen LogP contribution is 2.06. The molecule has 3 nitrogen and oxygen atoms in total. The number of nitrogens with two attached hydrogens (primary N) is 1. The highest BCUT2D eigenvalue weighted by molar-refractivity contribution is 5.67. The summed E-state index contributed by atoms with van der Waals surface area (Å²) in [6.45, 7) is 0.610. The summed E-state index contributed by atoms with van der Waals surface area (Å²) in [5.41, 5.74) is 8.55. The Balaban J connectivity index is 2.13. The zero-order valence-electron chi connectivity index (χ0n) is 9.58. The smallest absolute Gasteiger partial charge is 0.116 e. The highest BCUT2D eigenvalue weighted by Gasteiger charge is 1.94. The quantitative estimate of drug-likeness (QED) is 0.867. The molecule has 0 bridgehead atoms. The average molecular weight is 225 g/mol. The minimum absolute atomic E-state index is 0.610. The fourth-order valence-corrected chi connectivity index (χ4v) is 1.54. The minimum Gasteiger partial charge on any atom is -0.330 e. The summed E-state index contributed by atoms with van der Waals surface area (Å²) >= 11 is 0. The molecule has 0 fully saturated rings. The molecular formula is C14H15N3. The van der Waals surface area contributed by atoms with Crippen molar-refractivity contribution in [2.24, 2.45) is 5.73 Å². The summed E-state index contributed by atoms with van der Waals surface area (Å²) < 4.78 is 0. The second kappa shape index (κ2) is 5.92. The monoisotopic (exact) mass is 225 g/mol. The Morgan fingerprint density at radius 3 is 2.65 bits per heavy atom. The molecular weight excluding hydrogens is 210 g/mol. The number of benzene rings is 1. The average Bonchev–Trinajstić information content (AvgIpc) is 2.39. The molecule has 1 aromatic carbocycles. The normalized spacial score (nSPS) is 10.9. The van der Waals surface area contributed by atoms with Gasteiger partial charge in [-0.3, -0.25) is 0 Å². The predicted octanol–water partition coefficient (Wildman–Crippen LogP) is 2.15. The first kappa shape index (κ1) is 11.5. The summed E-state index contributed by atoms with van der Waals surface area (Å²) in [7, 11) is 0. The summed E-state index contributed by atoms with van der Waals surface area (Å²) in [6, 6.07) is 12.1. The Labute approximate surface area is 101 Å². The zero-order valence-corrected chi connectivity index (χ0v) is 9.58. The lowest BCUT2D eigenvalue weighted by Gasteiger charge is -1.98. The molecule has 0 amide bonds. The lowest BCUT2D eigenvalue weighted by atomic mass is 10.2. The molecule has 1 aromatic heterocycles. The first-order valence-electron chi connectivity index (χ1n) is 5.62. The van der Waals surface area contributed by atoms with Gasteiger partial charge < -0.3 is 5.73 Å². The van der Waals surface area contributed by atoms with Gasteiger partial charge in [-0.1, -0.05) is 36.4 Å². The fraction of sp³-hybridized carbons (Fsp3) is 0.143. The van der Waals surface area contributed by atoms with Crippen LogP contribution in [0.4, 0.5) is 0 Å². The molecule has 0 radical (unpaired) electrons. The standard InChI is InChI=1S/C14H15N3/c15-9-8-14-10-13(16-11-17-14)7-6-12-4-2-1-3-5-12/h1-7,10-11H,8-9,15H2. The molecule has 2 rings (SSSR count). The van der Waals surface area contributed by atoms with Crippen LogP contribution in [0.3, 0.4) is 0 Å². The first-order valence-corrected chi connectivity index (χ1v) is 5.62. The van der Waals surface area contributed by atoms with Crippen molar-refractivity contribution in [3.8, 4) is 0 Å². The van der Waals surface area contributed by atoms with Crippen LogP contribution in [-0.4, -0.2) is 16.5 Å². The van der Waals surface area contributed by atoms with E-state index in [0.717, 1.165) is 23.4 Å². The van der Waals surface area contributed by atoms with Crippen molar-refractivity contribution in [2.45, 2.75) is 6.42 Å². The van der Waals surface area contributed by atoms with E-state index in [9.17, 15) is 0 Å². The van der Waals surface area contributed by atoms with Gasteiger partial charge in [0.25, 0.3) is 0 Å². The minimum atomic E-state index is 0.610. The van der Waals surface area contributed by atoms with Crippen molar-refractivity contribution >= 4 is 12.2 Å².